The zero-order valence-corrected chi connectivity index (χ0v) is 6.87. The number of thiophene rings is 1. The molecular formula is C9H10S. The quantitative estimate of drug-likeness (QED) is 0.568. The maximum atomic E-state index is 5.17. The minimum atomic E-state index is 0.782. The van der Waals surface area contributed by atoms with E-state index < -0.39 is 0 Å². The molecule has 0 fully saturated rings. The third-order valence-corrected chi connectivity index (χ3v) is 2.57. The number of hydrogen-bond donors (Lipinski definition) is 0. The average Bonchev–Trinajstić information content (AvgIpc) is 2.37. The summed E-state index contributed by atoms with van der Waals surface area (Å²) in [4.78, 5) is 2.73. The van der Waals surface area contributed by atoms with Crippen LogP contribution in [0.25, 0.3) is 0 Å². The van der Waals surface area contributed by atoms with Crippen molar-refractivity contribution in [2.24, 2.45) is 0 Å². The molecule has 1 rings (SSSR count). The Morgan fingerprint density at radius 3 is 2.70 bits per heavy atom. The van der Waals surface area contributed by atoms with Crippen LogP contribution in [0.2, 0.25) is 0 Å². The Labute approximate surface area is 65.9 Å². The van der Waals surface area contributed by atoms with E-state index in [9.17, 15) is 0 Å². The van der Waals surface area contributed by atoms with Gasteiger partial charge < -0.3 is 0 Å². The van der Waals surface area contributed by atoms with Crippen LogP contribution in [0.5, 0.6) is 0 Å². The fourth-order valence-corrected chi connectivity index (χ4v) is 1.72. The Bertz CT molecular complexity index is 239. The molecule has 0 unspecified atom stereocenters. The van der Waals surface area contributed by atoms with E-state index in [1.807, 2.05) is 11.3 Å². The van der Waals surface area contributed by atoms with E-state index in [-0.39, 0.29) is 0 Å². The van der Waals surface area contributed by atoms with E-state index in [4.69, 9.17) is 6.42 Å². The van der Waals surface area contributed by atoms with Crippen LogP contribution in [0.1, 0.15) is 16.7 Å². The van der Waals surface area contributed by atoms with Gasteiger partial charge in [-0.3, -0.25) is 0 Å². The van der Waals surface area contributed by atoms with Crippen molar-refractivity contribution in [3.05, 3.63) is 21.9 Å². The van der Waals surface area contributed by atoms with Gasteiger partial charge in [-0.2, -0.15) is 0 Å². The van der Waals surface area contributed by atoms with Crippen LogP contribution in [-0.4, -0.2) is 0 Å². The molecule has 0 aliphatic heterocycles. The molecule has 0 amide bonds. The van der Waals surface area contributed by atoms with Crippen LogP contribution in [0, 0.1) is 12.3 Å². The highest BCUT2D eigenvalue weighted by molar-refractivity contribution is 7.12. The third-order valence-electron chi connectivity index (χ3n) is 1.34. The summed E-state index contributed by atoms with van der Waals surface area (Å²) in [5.74, 6) is 2.63. The Balaban J connectivity index is 2.70. The van der Waals surface area contributed by atoms with Crippen LogP contribution in [-0.2, 0) is 12.8 Å². The van der Waals surface area contributed by atoms with Gasteiger partial charge in [0.15, 0.2) is 0 Å². The molecule has 0 atom stereocenters. The van der Waals surface area contributed by atoms with E-state index in [0.717, 1.165) is 12.8 Å². The maximum Gasteiger partial charge on any atom is 0.0432 e. The zero-order valence-electron chi connectivity index (χ0n) is 6.05. The van der Waals surface area contributed by atoms with Gasteiger partial charge >= 0.3 is 0 Å². The molecule has 0 saturated heterocycles. The van der Waals surface area contributed by atoms with Gasteiger partial charge in [0.1, 0.15) is 0 Å². The van der Waals surface area contributed by atoms with Crippen LogP contribution >= 0.6 is 11.3 Å². The highest BCUT2D eigenvalue weighted by atomic mass is 32.1. The molecule has 0 aliphatic rings. The fourth-order valence-electron chi connectivity index (χ4n) is 0.808. The molecular weight excluding hydrogens is 140 g/mol. The monoisotopic (exact) mass is 150 g/mol. The molecule has 1 heteroatoms. The standard InChI is InChI=1S/C9H10S/c1-3-5-9-7-6-8(4-2)10-9/h1,6-7H,4-5H2,2H3. The third kappa shape index (κ3) is 1.62. The summed E-state index contributed by atoms with van der Waals surface area (Å²) in [6.07, 6.45) is 7.07. The molecule has 1 heterocycles. The van der Waals surface area contributed by atoms with Gasteiger partial charge in [0.2, 0.25) is 0 Å². The lowest BCUT2D eigenvalue weighted by atomic mass is 10.3. The first-order valence-corrected chi connectivity index (χ1v) is 4.19. The topological polar surface area (TPSA) is 0 Å². The molecule has 52 valence electrons. The van der Waals surface area contributed by atoms with Crippen molar-refractivity contribution in [2.75, 3.05) is 0 Å². The lowest BCUT2D eigenvalue weighted by Gasteiger charge is -1.84. The highest BCUT2D eigenvalue weighted by Crippen LogP contribution is 2.16. The van der Waals surface area contributed by atoms with Gasteiger partial charge in [-0.25, -0.2) is 0 Å². The van der Waals surface area contributed by atoms with E-state index >= 15 is 0 Å². The molecule has 0 N–H and O–H groups in total. The largest absolute Gasteiger partial charge is 0.144 e. The van der Waals surface area contributed by atoms with Crippen molar-refractivity contribution in [3.63, 3.8) is 0 Å². The van der Waals surface area contributed by atoms with E-state index in [1.54, 1.807) is 0 Å². The predicted octanol–water partition coefficient (Wildman–Crippen LogP) is 2.49. The van der Waals surface area contributed by atoms with E-state index in [2.05, 4.69) is 25.0 Å². The first-order valence-electron chi connectivity index (χ1n) is 3.38. The first kappa shape index (κ1) is 7.37. The molecule has 0 nitrogen and oxygen atoms in total. The van der Waals surface area contributed by atoms with Gasteiger partial charge in [-0.05, 0) is 18.6 Å². The van der Waals surface area contributed by atoms with Crippen molar-refractivity contribution in [2.45, 2.75) is 19.8 Å². The van der Waals surface area contributed by atoms with Crippen LogP contribution in [0.3, 0.4) is 0 Å². The normalized spacial score (nSPS) is 9.20. The summed E-state index contributed by atoms with van der Waals surface area (Å²) >= 11 is 1.81. The van der Waals surface area contributed by atoms with E-state index in [0.29, 0.717) is 0 Å². The molecule has 0 spiro atoms. The summed E-state index contributed by atoms with van der Waals surface area (Å²) in [5, 5.41) is 0. The molecule has 0 aliphatic carbocycles. The second-order valence-corrected chi connectivity index (χ2v) is 3.36. The Morgan fingerprint density at radius 2 is 2.20 bits per heavy atom. The van der Waals surface area contributed by atoms with Gasteiger partial charge in [0, 0.05) is 16.2 Å². The maximum absolute atomic E-state index is 5.17. The van der Waals surface area contributed by atoms with Crippen molar-refractivity contribution in [1.29, 1.82) is 0 Å². The summed E-state index contributed by atoms with van der Waals surface area (Å²) in [5.41, 5.74) is 0. The van der Waals surface area contributed by atoms with Crippen molar-refractivity contribution in [3.8, 4) is 12.3 Å². The molecule has 1 aromatic heterocycles. The Kier molecular flexibility index (Phi) is 2.53. The molecule has 0 radical (unpaired) electrons. The van der Waals surface area contributed by atoms with Gasteiger partial charge in [0.05, 0.1) is 0 Å². The second-order valence-electron chi connectivity index (χ2n) is 2.10. The number of rotatable bonds is 2. The minimum Gasteiger partial charge on any atom is -0.144 e. The van der Waals surface area contributed by atoms with Crippen molar-refractivity contribution < 1.29 is 0 Å². The predicted molar refractivity (Wildman–Crippen MR) is 46.2 cm³/mol. The van der Waals surface area contributed by atoms with Crippen molar-refractivity contribution >= 4 is 11.3 Å². The van der Waals surface area contributed by atoms with Gasteiger partial charge in [0.25, 0.3) is 0 Å². The molecule has 0 saturated carbocycles. The molecule has 0 bridgehead atoms. The molecule has 0 aromatic carbocycles. The Hall–Kier alpha value is -0.740. The van der Waals surface area contributed by atoms with Crippen molar-refractivity contribution in [1.82, 2.24) is 0 Å². The van der Waals surface area contributed by atoms with E-state index in [1.165, 1.54) is 9.75 Å². The fraction of sp³-hybridized carbons (Fsp3) is 0.333. The average molecular weight is 150 g/mol. The summed E-state index contributed by atoms with van der Waals surface area (Å²) in [7, 11) is 0. The summed E-state index contributed by atoms with van der Waals surface area (Å²) in [6, 6.07) is 4.26. The first-order chi connectivity index (χ1) is 4.86. The molecule has 1 aromatic rings. The Morgan fingerprint density at radius 1 is 1.50 bits per heavy atom. The highest BCUT2D eigenvalue weighted by Gasteiger charge is 1.94. The number of terminal acetylenes is 1. The lowest BCUT2D eigenvalue weighted by molar-refractivity contribution is 1.19. The lowest BCUT2D eigenvalue weighted by Crippen LogP contribution is -1.69. The van der Waals surface area contributed by atoms with Crippen LogP contribution in [0.4, 0.5) is 0 Å². The summed E-state index contributed by atoms with van der Waals surface area (Å²) < 4.78 is 0. The molecule has 10 heavy (non-hydrogen) atoms. The second kappa shape index (κ2) is 3.43. The van der Waals surface area contributed by atoms with Crippen LogP contribution in [0.15, 0.2) is 12.1 Å². The zero-order chi connectivity index (χ0) is 7.40. The SMILES string of the molecule is C#CCc1ccc(CC)s1. The number of hydrogen-bond acceptors (Lipinski definition) is 1. The number of aryl methyl sites for hydroxylation is 1. The van der Waals surface area contributed by atoms with Gasteiger partial charge in [-0.15, -0.1) is 23.7 Å². The smallest absolute Gasteiger partial charge is 0.0432 e. The van der Waals surface area contributed by atoms with Gasteiger partial charge in [-0.1, -0.05) is 6.92 Å². The minimum absolute atomic E-state index is 0.782. The summed E-state index contributed by atoms with van der Waals surface area (Å²) in [6.45, 7) is 2.16. The van der Waals surface area contributed by atoms with Crippen LogP contribution < -0.4 is 0 Å².